The van der Waals surface area contributed by atoms with Gasteiger partial charge in [-0.15, -0.1) is 0 Å². The average molecular weight is 1040 g/mol. The number of hydrogen-bond donors (Lipinski definition) is 7. The second-order valence-electron chi connectivity index (χ2n) is 19.5. The van der Waals surface area contributed by atoms with Crippen LogP contribution in [0.3, 0.4) is 0 Å². The molecule has 0 aromatic heterocycles. The van der Waals surface area contributed by atoms with Crippen LogP contribution in [0.4, 0.5) is 0 Å². The molecule has 3 aliphatic heterocycles. The summed E-state index contributed by atoms with van der Waals surface area (Å²) in [4.78, 5) is 39.9. The van der Waals surface area contributed by atoms with Crippen molar-refractivity contribution in [3.8, 4) is 11.5 Å². The molecule has 1 aromatic rings. The summed E-state index contributed by atoms with van der Waals surface area (Å²) in [7, 11) is 0. The summed E-state index contributed by atoms with van der Waals surface area (Å²) in [5.74, 6) is -5.48. The van der Waals surface area contributed by atoms with E-state index in [1.54, 1.807) is 66.7 Å². The molecule has 3 heterocycles. The Bertz CT molecular complexity index is 2200. The van der Waals surface area contributed by atoms with Crippen LogP contribution in [0.25, 0.3) is 0 Å². The molecule has 71 heavy (non-hydrogen) atoms. The number of allylic oxidation sites excluding steroid dienone is 4. The van der Waals surface area contributed by atoms with Gasteiger partial charge in [-0.1, -0.05) is 93.8 Å². The van der Waals surface area contributed by atoms with Crippen LogP contribution in [-0.4, -0.2) is 139 Å². The highest BCUT2D eigenvalue weighted by atomic mass is 35.5. The average Bonchev–Trinajstić information content (AvgIpc) is 3.31. The van der Waals surface area contributed by atoms with E-state index in [0.717, 1.165) is 0 Å². The van der Waals surface area contributed by atoms with Gasteiger partial charge in [-0.05, 0) is 90.5 Å². The maximum atomic E-state index is 13.9. The zero-order valence-electron chi connectivity index (χ0n) is 42.6. The van der Waals surface area contributed by atoms with Crippen LogP contribution in [0.5, 0.6) is 11.5 Å². The number of aromatic hydroxyl groups is 2. The van der Waals surface area contributed by atoms with E-state index < -0.39 is 125 Å². The molecular formula is C52H74Cl2O17. The first-order valence-electron chi connectivity index (χ1n) is 24.1. The Morgan fingerprint density at radius 2 is 1.56 bits per heavy atom. The molecule has 0 saturated carbocycles. The number of hydrogen-bond acceptors (Lipinski definition) is 17. The predicted octanol–water partition coefficient (Wildman–Crippen LogP) is 6.86. The van der Waals surface area contributed by atoms with E-state index in [1.807, 2.05) is 32.9 Å². The van der Waals surface area contributed by atoms with E-state index in [2.05, 4.69) is 0 Å². The van der Waals surface area contributed by atoms with Crippen molar-refractivity contribution in [3.05, 3.63) is 79.9 Å². The lowest BCUT2D eigenvalue weighted by molar-refractivity contribution is -0.333. The van der Waals surface area contributed by atoms with Gasteiger partial charge in [-0.3, -0.25) is 4.79 Å². The number of carbonyl (C=O) groups excluding carboxylic acids is 3. The first-order chi connectivity index (χ1) is 33.2. The molecule has 4 rings (SSSR count). The summed E-state index contributed by atoms with van der Waals surface area (Å²) in [6.45, 7) is 19.8. The fourth-order valence-electron chi connectivity index (χ4n) is 8.57. The summed E-state index contributed by atoms with van der Waals surface area (Å²) >= 11 is 12.3. The number of aliphatic hydroxyl groups excluding tert-OH is 5. The lowest BCUT2D eigenvalue weighted by Gasteiger charge is -2.47. The fraction of sp³-hybridized carbons (Fsp3) is 0.635. The highest BCUT2D eigenvalue weighted by molar-refractivity contribution is 6.39. The van der Waals surface area contributed by atoms with Gasteiger partial charge in [0.15, 0.2) is 36.3 Å². The first kappa shape index (κ1) is 59.7. The van der Waals surface area contributed by atoms with Gasteiger partial charge in [0.25, 0.3) is 0 Å². The third-order valence-corrected chi connectivity index (χ3v) is 13.8. The van der Waals surface area contributed by atoms with Gasteiger partial charge in [0.05, 0.1) is 47.5 Å². The van der Waals surface area contributed by atoms with E-state index in [-0.39, 0.29) is 53.5 Å². The number of phenols is 2. The Labute approximate surface area is 426 Å². The second kappa shape index (κ2) is 25.9. The summed E-state index contributed by atoms with van der Waals surface area (Å²) in [5, 5.41) is 76.4. The Morgan fingerprint density at radius 3 is 2.17 bits per heavy atom. The highest BCUT2D eigenvalue weighted by Gasteiger charge is 2.53. The number of ether oxygens (including phenoxy) is 7. The molecule has 0 aliphatic carbocycles. The molecule has 0 bridgehead atoms. The van der Waals surface area contributed by atoms with Gasteiger partial charge >= 0.3 is 17.9 Å². The van der Waals surface area contributed by atoms with Gasteiger partial charge in [0.1, 0.15) is 40.6 Å². The van der Waals surface area contributed by atoms with Crippen molar-refractivity contribution in [1.29, 1.82) is 0 Å². The van der Waals surface area contributed by atoms with Gasteiger partial charge in [-0.25, -0.2) is 9.59 Å². The molecule has 3 unspecified atom stereocenters. The Morgan fingerprint density at radius 1 is 0.901 bits per heavy atom. The SMILES string of the molecule is CCc1c(Cl)c(O)c(Cl)c(O)c1C(=O)O[C@@H]1[C@@H](O)[C@@H](C)[C@@H](OC/C2=C\C=C\C[C@H](O)/C(C)=C/[C@H](CC)C(O[C@@H]3OC(C)(C)C(OC(=O)C(C)C)[C@H](O)[C@@H]3O)/C(C)=C/C(C)=C/CC([C@@H](C)O)OC2=O)O[C@H]1C. The zero-order chi connectivity index (χ0) is 53.4. The van der Waals surface area contributed by atoms with E-state index in [0.29, 0.717) is 23.1 Å². The second-order valence-corrected chi connectivity index (χ2v) is 20.3. The van der Waals surface area contributed by atoms with Gasteiger partial charge in [0.2, 0.25) is 0 Å². The first-order valence-corrected chi connectivity index (χ1v) is 24.9. The van der Waals surface area contributed by atoms with Crippen molar-refractivity contribution in [2.24, 2.45) is 17.8 Å². The minimum Gasteiger partial charge on any atom is -0.505 e. The molecule has 0 amide bonds. The molecule has 0 radical (unpaired) electrons. The maximum absolute atomic E-state index is 13.9. The molecule has 19 heteroatoms. The minimum absolute atomic E-state index is 0.0113. The molecule has 0 spiro atoms. The van der Waals surface area contributed by atoms with Crippen LogP contribution in [0, 0.1) is 17.8 Å². The molecule has 14 atom stereocenters. The van der Waals surface area contributed by atoms with Gasteiger partial charge in [-0.2, -0.15) is 0 Å². The Hall–Kier alpha value is -3.85. The third kappa shape index (κ3) is 14.7. The van der Waals surface area contributed by atoms with Crippen LogP contribution in [0.1, 0.15) is 118 Å². The van der Waals surface area contributed by atoms with Crippen LogP contribution in [-0.2, 0) is 49.2 Å². The van der Waals surface area contributed by atoms with Crippen molar-refractivity contribution >= 4 is 41.1 Å². The number of aliphatic hydroxyl groups is 5. The normalized spacial score (nSPS) is 35.2. The zero-order valence-corrected chi connectivity index (χ0v) is 44.1. The lowest BCUT2D eigenvalue weighted by atomic mass is 9.88. The number of rotatable bonds is 12. The van der Waals surface area contributed by atoms with Crippen molar-refractivity contribution in [1.82, 2.24) is 0 Å². The van der Waals surface area contributed by atoms with E-state index >= 15 is 0 Å². The van der Waals surface area contributed by atoms with E-state index in [9.17, 15) is 50.1 Å². The van der Waals surface area contributed by atoms with Crippen molar-refractivity contribution in [3.63, 3.8) is 0 Å². The molecule has 3 aliphatic rings. The van der Waals surface area contributed by atoms with Crippen LogP contribution in [0.2, 0.25) is 10.0 Å². The number of esters is 3. The van der Waals surface area contributed by atoms with Crippen molar-refractivity contribution < 1.29 is 83.3 Å². The molecule has 1 aromatic carbocycles. The summed E-state index contributed by atoms with van der Waals surface area (Å²) in [6.07, 6.45) is -3.27. The van der Waals surface area contributed by atoms with Crippen LogP contribution >= 0.6 is 23.2 Å². The number of phenolic OH excluding ortho intramolecular Hbond substituents is 2. The van der Waals surface area contributed by atoms with E-state index in [1.165, 1.54) is 19.9 Å². The molecule has 2 saturated heterocycles. The Balaban J connectivity index is 1.59. The Kier molecular flexibility index (Phi) is 21.8. The summed E-state index contributed by atoms with van der Waals surface area (Å²) < 4.78 is 42.1. The standard InChI is InChI=1S/C52H74Cl2O17/c1-13-31-22-26(6)34(56)18-16-15-17-32(23-65-50-28(8)39(57)45(30(10)66-50)68-49(64)36-33(14-2)37(53)41(59)38(54)40(36)58)48(63)67-35(29(9)55)20-19-25(5)21-27(7)44(31)69-51-43(61)42(60)46(52(11,12)71-51)70-47(62)24(3)4/h15-17,19,21-22,24,28-31,34-35,39,42-46,50-51,55-61H,13-14,18,20,23H2,1-12H3/b16-15+,25-19+,26-22+,27-21+,32-17+/t28-,29-,30+,31+,34+,35?,39+,42-,43+,44?,45+,46?,50+,51-/m1/s1. The smallest absolute Gasteiger partial charge is 0.342 e. The summed E-state index contributed by atoms with van der Waals surface area (Å²) in [6, 6.07) is 0. The van der Waals surface area contributed by atoms with Gasteiger partial charge in [0, 0.05) is 18.3 Å². The minimum atomic E-state index is -1.60. The topological polar surface area (TPSA) is 257 Å². The predicted molar refractivity (Wildman–Crippen MR) is 263 cm³/mol. The molecule has 17 nitrogen and oxygen atoms in total. The van der Waals surface area contributed by atoms with Crippen LogP contribution in [0.15, 0.2) is 58.7 Å². The van der Waals surface area contributed by atoms with Gasteiger partial charge < -0.3 is 68.9 Å². The highest BCUT2D eigenvalue weighted by Crippen LogP contribution is 2.45. The van der Waals surface area contributed by atoms with Crippen LogP contribution < -0.4 is 0 Å². The molecule has 2 fully saturated rings. The summed E-state index contributed by atoms with van der Waals surface area (Å²) in [5.41, 5.74) is 0.470. The van der Waals surface area contributed by atoms with Crippen molar-refractivity contribution in [2.75, 3.05) is 6.61 Å². The maximum Gasteiger partial charge on any atom is 0.342 e. The van der Waals surface area contributed by atoms with Crippen molar-refractivity contribution in [2.45, 2.75) is 188 Å². The number of carbonyl (C=O) groups is 3. The number of halogens is 2. The largest absolute Gasteiger partial charge is 0.505 e. The molecule has 7 N–H and O–H groups in total. The third-order valence-electron chi connectivity index (χ3n) is 13.1. The monoisotopic (exact) mass is 1040 g/mol. The number of cyclic esters (lactones) is 1. The number of benzene rings is 1. The molecular weight excluding hydrogens is 967 g/mol. The fourth-order valence-corrected chi connectivity index (χ4v) is 9.13. The quantitative estimate of drug-likeness (QED) is 0.0641. The molecule has 398 valence electrons. The lowest BCUT2D eigenvalue weighted by Crippen LogP contribution is -2.64. The van der Waals surface area contributed by atoms with E-state index in [4.69, 9.17) is 56.4 Å².